The molecule has 3 atom stereocenters. The summed E-state index contributed by atoms with van der Waals surface area (Å²) in [5.74, 6) is -0.123. The van der Waals surface area contributed by atoms with Gasteiger partial charge in [-0.25, -0.2) is 4.79 Å². The Hall–Kier alpha value is -1.06. The number of unbranched alkanes of at least 4 members (excludes halogenated alkanes) is 1. The van der Waals surface area contributed by atoms with Crippen LogP contribution in [0.25, 0.3) is 0 Å². The summed E-state index contributed by atoms with van der Waals surface area (Å²) in [6, 6.07) is -0.745. The van der Waals surface area contributed by atoms with Crippen molar-refractivity contribution in [1.82, 2.24) is 5.32 Å². The van der Waals surface area contributed by atoms with Gasteiger partial charge in [0, 0.05) is 5.92 Å². The fraction of sp³-hybridized carbons (Fsp3) is 0.889. The van der Waals surface area contributed by atoms with Gasteiger partial charge in [-0.3, -0.25) is 4.79 Å². The monoisotopic (exact) mass is 311 g/mol. The van der Waals surface area contributed by atoms with Gasteiger partial charge in [-0.1, -0.05) is 65.7 Å². The number of hydrogen-bond acceptors (Lipinski definition) is 2. The van der Waals surface area contributed by atoms with Gasteiger partial charge in [-0.05, 0) is 24.7 Å². The summed E-state index contributed by atoms with van der Waals surface area (Å²) in [6.07, 6.45) is 9.64. The summed E-state index contributed by atoms with van der Waals surface area (Å²) in [5.41, 5.74) is 0. The van der Waals surface area contributed by atoms with E-state index < -0.39 is 12.0 Å². The van der Waals surface area contributed by atoms with Crippen molar-refractivity contribution in [1.29, 1.82) is 0 Å². The molecule has 1 rings (SSSR count). The highest BCUT2D eigenvalue weighted by molar-refractivity contribution is 5.84. The predicted molar refractivity (Wildman–Crippen MR) is 88.6 cm³/mol. The van der Waals surface area contributed by atoms with Gasteiger partial charge in [-0.2, -0.15) is 0 Å². The number of carboxylic acids is 1. The third kappa shape index (κ3) is 6.80. The molecule has 0 saturated heterocycles. The molecular formula is C18H33NO3. The first-order valence-corrected chi connectivity index (χ1v) is 8.97. The fourth-order valence-electron chi connectivity index (χ4n) is 3.46. The molecule has 4 nitrogen and oxygen atoms in total. The molecule has 1 aliphatic carbocycles. The molecule has 0 aromatic carbocycles. The first kappa shape index (κ1) is 19.0. The molecule has 0 heterocycles. The standard InChI is InChI=1S/C18H33NO3/c1-4-5-8-13(2)11-16(18(21)22)19-17(20)14(3)12-15-9-6-7-10-15/h13-16H,4-12H2,1-3H3,(H,19,20)(H,21,22)/t13-,14+,16+/m1/s1. The molecule has 0 radical (unpaired) electrons. The molecule has 0 aromatic heterocycles. The molecule has 0 spiro atoms. The van der Waals surface area contributed by atoms with E-state index in [0.29, 0.717) is 18.3 Å². The molecule has 22 heavy (non-hydrogen) atoms. The zero-order valence-corrected chi connectivity index (χ0v) is 14.4. The molecule has 4 heteroatoms. The first-order chi connectivity index (χ1) is 10.4. The van der Waals surface area contributed by atoms with Crippen LogP contribution in [0.5, 0.6) is 0 Å². The fourth-order valence-corrected chi connectivity index (χ4v) is 3.46. The number of carboxylic acid groups (broad SMARTS) is 1. The van der Waals surface area contributed by atoms with Gasteiger partial charge in [0.05, 0.1) is 0 Å². The number of hydrogen-bond donors (Lipinski definition) is 2. The van der Waals surface area contributed by atoms with Gasteiger partial charge in [0.2, 0.25) is 5.91 Å². The van der Waals surface area contributed by atoms with Crippen molar-refractivity contribution in [3.8, 4) is 0 Å². The smallest absolute Gasteiger partial charge is 0.326 e. The lowest BCUT2D eigenvalue weighted by Gasteiger charge is -2.22. The van der Waals surface area contributed by atoms with Crippen LogP contribution < -0.4 is 5.32 Å². The van der Waals surface area contributed by atoms with Crippen molar-refractivity contribution in [2.45, 2.75) is 84.6 Å². The van der Waals surface area contributed by atoms with Gasteiger partial charge in [0.15, 0.2) is 0 Å². The minimum Gasteiger partial charge on any atom is -0.480 e. The SMILES string of the molecule is CCCC[C@@H](C)C[C@H](NC(=O)[C@@H](C)CC1CCCC1)C(=O)O. The first-order valence-electron chi connectivity index (χ1n) is 8.97. The van der Waals surface area contributed by atoms with Gasteiger partial charge in [-0.15, -0.1) is 0 Å². The molecule has 0 aliphatic heterocycles. The third-order valence-electron chi connectivity index (χ3n) is 4.91. The van der Waals surface area contributed by atoms with E-state index >= 15 is 0 Å². The maximum atomic E-state index is 12.3. The molecule has 1 fully saturated rings. The minimum atomic E-state index is -0.912. The zero-order chi connectivity index (χ0) is 16.5. The Balaban J connectivity index is 2.43. The summed E-state index contributed by atoms with van der Waals surface area (Å²) in [5, 5.41) is 12.1. The second-order valence-electron chi connectivity index (χ2n) is 7.17. The van der Waals surface area contributed by atoms with Crippen LogP contribution in [0.3, 0.4) is 0 Å². The van der Waals surface area contributed by atoms with Crippen LogP contribution in [-0.2, 0) is 9.59 Å². The molecular weight excluding hydrogens is 278 g/mol. The lowest BCUT2D eigenvalue weighted by molar-refractivity contribution is -0.143. The highest BCUT2D eigenvalue weighted by Crippen LogP contribution is 2.30. The van der Waals surface area contributed by atoms with Crippen molar-refractivity contribution in [3.63, 3.8) is 0 Å². The van der Waals surface area contributed by atoms with E-state index in [1.807, 2.05) is 6.92 Å². The van der Waals surface area contributed by atoms with E-state index in [2.05, 4.69) is 19.2 Å². The van der Waals surface area contributed by atoms with Crippen LogP contribution >= 0.6 is 0 Å². The molecule has 0 aromatic rings. The van der Waals surface area contributed by atoms with Crippen molar-refractivity contribution in [2.75, 3.05) is 0 Å². The van der Waals surface area contributed by atoms with Gasteiger partial charge in [0.25, 0.3) is 0 Å². The summed E-state index contributed by atoms with van der Waals surface area (Å²) in [4.78, 5) is 23.7. The second-order valence-corrected chi connectivity index (χ2v) is 7.17. The molecule has 0 bridgehead atoms. The maximum Gasteiger partial charge on any atom is 0.326 e. The highest BCUT2D eigenvalue weighted by Gasteiger charge is 2.26. The van der Waals surface area contributed by atoms with E-state index in [1.54, 1.807) is 0 Å². The van der Waals surface area contributed by atoms with E-state index in [0.717, 1.165) is 25.7 Å². The highest BCUT2D eigenvalue weighted by atomic mass is 16.4. The Bertz CT molecular complexity index is 350. The normalized spacial score (nSPS) is 19.6. The second kappa shape index (κ2) is 9.86. The maximum absolute atomic E-state index is 12.3. The summed E-state index contributed by atoms with van der Waals surface area (Å²) >= 11 is 0. The average Bonchev–Trinajstić information content (AvgIpc) is 2.96. The number of amides is 1. The predicted octanol–water partition coefficient (Wildman–Crippen LogP) is 3.99. The van der Waals surface area contributed by atoms with E-state index in [-0.39, 0.29) is 11.8 Å². The third-order valence-corrected chi connectivity index (χ3v) is 4.91. The van der Waals surface area contributed by atoms with Gasteiger partial charge >= 0.3 is 5.97 Å². The molecule has 1 amide bonds. The average molecular weight is 311 g/mol. The number of carbonyl (C=O) groups excluding carboxylic acids is 1. The Kier molecular flexibility index (Phi) is 8.51. The number of carbonyl (C=O) groups is 2. The van der Waals surface area contributed by atoms with Crippen molar-refractivity contribution in [3.05, 3.63) is 0 Å². The van der Waals surface area contributed by atoms with E-state index in [9.17, 15) is 14.7 Å². The summed E-state index contributed by atoms with van der Waals surface area (Å²) in [6.45, 7) is 6.13. The van der Waals surface area contributed by atoms with Crippen LogP contribution in [0.2, 0.25) is 0 Å². The van der Waals surface area contributed by atoms with Gasteiger partial charge < -0.3 is 10.4 Å². The van der Waals surface area contributed by atoms with Crippen molar-refractivity contribution < 1.29 is 14.7 Å². The topological polar surface area (TPSA) is 66.4 Å². The molecule has 1 saturated carbocycles. The van der Waals surface area contributed by atoms with Crippen LogP contribution in [0, 0.1) is 17.8 Å². The Morgan fingerprint density at radius 1 is 1.23 bits per heavy atom. The summed E-state index contributed by atoms with van der Waals surface area (Å²) in [7, 11) is 0. The lowest BCUT2D eigenvalue weighted by atomic mass is 9.92. The molecule has 1 aliphatic rings. The zero-order valence-electron chi connectivity index (χ0n) is 14.4. The Labute approximate surface area is 135 Å². The quantitative estimate of drug-likeness (QED) is 0.641. The van der Waals surface area contributed by atoms with E-state index in [1.165, 1.54) is 25.7 Å². The van der Waals surface area contributed by atoms with Crippen LogP contribution in [0.1, 0.15) is 78.6 Å². The Morgan fingerprint density at radius 2 is 1.86 bits per heavy atom. The van der Waals surface area contributed by atoms with Crippen LogP contribution in [0.4, 0.5) is 0 Å². The summed E-state index contributed by atoms with van der Waals surface area (Å²) < 4.78 is 0. The van der Waals surface area contributed by atoms with Crippen molar-refractivity contribution in [2.24, 2.45) is 17.8 Å². The van der Waals surface area contributed by atoms with E-state index in [4.69, 9.17) is 0 Å². The van der Waals surface area contributed by atoms with Gasteiger partial charge in [0.1, 0.15) is 6.04 Å². The molecule has 128 valence electrons. The lowest BCUT2D eigenvalue weighted by Crippen LogP contribution is -2.44. The molecule has 0 unspecified atom stereocenters. The molecule has 2 N–H and O–H groups in total. The van der Waals surface area contributed by atoms with Crippen LogP contribution in [0.15, 0.2) is 0 Å². The van der Waals surface area contributed by atoms with Crippen molar-refractivity contribution >= 4 is 11.9 Å². The largest absolute Gasteiger partial charge is 0.480 e. The number of rotatable bonds is 10. The Morgan fingerprint density at radius 3 is 2.41 bits per heavy atom. The minimum absolute atomic E-state index is 0.0871. The number of aliphatic carboxylic acids is 1. The number of nitrogens with one attached hydrogen (secondary N) is 1. The van der Waals surface area contributed by atoms with Crippen LogP contribution in [-0.4, -0.2) is 23.0 Å².